The minimum absolute atomic E-state index is 0.181. The van der Waals surface area contributed by atoms with Crippen molar-refractivity contribution in [1.82, 2.24) is 20.2 Å². The number of nitrogens with two attached hydrogens (primary N) is 1. The Kier molecular flexibility index (Phi) is 4.74. The molecule has 1 aromatic carbocycles. The highest BCUT2D eigenvalue weighted by Crippen LogP contribution is 2.26. The number of nitrogens with zero attached hydrogens (tertiary/aromatic N) is 4. The van der Waals surface area contributed by atoms with Crippen LogP contribution in [0.25, 0.3) is 0 Å². The van der Waals surface area contributed by atoms with Crippen LogP contribution in [0.15, 0.2) is 35.5 Å². The number of anilines is 2. The lowest BCUT2D eigenvalue weighted by atomic mass is 10.2. The summed E-state index contributed by atoms with van der Waals surface area (Å²) in [5.74, 6) is -0.0517. The first-order chi connectivity index (χ1) is 12.4. The Labute approximate surface area is 150 Å². The zero-order valence-electron chi connectivity index (χ0n) is 14.7. The summed E-state index contributed by atoms with van der Waals surface area (Å²) in [6, 6.07) is 7.72. The summed E-state index contributed by atoms with van der Waals surface area (Å²) in [4.78, 5) is 24.8. The van der Waals surface area contributed by atoms with Crippen LogP contribution in [0.1, 0.15) is 33.0 Å². The van der Waals surface area contributed by atoms with Gasteiger partial charge in [-0.3, -0.25) is 19.9 Å². The smallest absolute Gasteiger partial charge is 0.256 e. The highest BCUT2D eigenvalue weighted by Gasteiger charge is 2.18. The number of aliphatic imine (C=N–C) groups is 1. The van der Waals surface area contributed by atoms with E-state index in [9.17, 15) is 4.79 Å². The zero-order chi connectivity index (χ0) is 18.7. The fourth-order valence-electron chi connectivity index (χ4n) is 2.47. The number of rotatable bonds is 5. The van der Waals surface area contributed by atoms with Gasteiger partial charge in [0.1, 0.15) is 17.1 Å². The molecule has 0 saturated heterocycles. The van der Waals surface area contributed by atoms with Gasteiger partial charge in [0.05, 0.1) is 17.6 Å². The van der Waals surface area contributed by atoms with E-state index in [0.717, 1.165) is 22.6 Å². The molecule has 132 valence electrons. The quantitative estimate of drug-likeness (QED) is 0.611. The molecule has 0 aliphatic rings. The summed E-state index contributed by atoms with van der Waals surface area (Å²) in [6.45, 7) is 5.68. The number of H-pyrrole nitrogens is 1. The van der Waals surface area contributed by atoms with Crippen LogP contribution in [0.4, 0.5) is 17.3 Å². The third-order valence-corrected chi connectivity index (χ3v) is 3.70. The Morgan fingerprint density at radius 2 is 2.12 bits per heavy atom. The second kappa shape index (κ2) is 7.14. The SMILES string of the molecule is Cc1cccc(Nc2[nH]nc(N=Cc3ncc(C)nc3C)c2C(N)=O)c1. The van der Waals surface area contributed by atoms with E-state index in [1.54, 1.807) is 6.20 Å². The first-order valence-corrected chi connectivity index (χ1v) is 8.00. The van der Waals surface area contributed by atoms with Gasteiger partial charge < -0.3 is 11.1 Å². The van der Waals surface area contributed by atoms with Crippen LogP contribution < -0.4 is 11.1 Å². The van der Waals surface area contributed by atoms with Crippen LogP contribution in [-0.4, -0.2) is 32.3 Å². The van der Waals surface area contributed by atoms with Gasteiger partial charge >= 0.3 is 0 Å². The van der Waals surface area contributed by atoms with Gasteiger partial charge in [0.2, 0.25) is 0 Å². The standard InChI is InChI=1S/C18H19N7O/c1-10-5-4-6-13(7-10)23-18-15(16(19)26)17(24-25-18)21-9-14-12(3)22-11(2)8-20-14/h4-9H,1-3H3,(H2,19,26)(H2,23,24,25). The van der Waals surface area contributed by atoms with Crippen molar-refractivity contribution >= 4 is 29.4 Å². The van der Waals surface area contributed by atoms with Crippen LogP contribution in [-0.2, 0) is 0 Å². The number of benzene rings is 1. The molecule has 8 heteroatoms. The van der Waals surface area contributed by atoms with Gasteiger partial charge in [-0.2, -0.15) is 5.10 Å². The van der Waals surface area contributed by atoms with Crippen LogP contribution in [0, 0.1) is 20.8 Å². The monoisotopic (exact) mass is 349 g/mol. The molecule has 0 radical (unpaired) electrons. The van der Waals surface area contributed by atoms with Crippen LogP contribution >= 0.6 is 0 Å². The Balaban J connectivity index is 1.92. The number of amides is 1. The maximum absolute atomic E-state index is 11.9. The number of carbonyl (C=O) groups is 1. The molecule has 0 spiro atoms. The molecular weight excluding hydrogens is 330 g/mol. The van der Waals surface area contributed by atoms with E-state index < -0.39 is 5.91 Å². The van der Waals surface area contributed by atoms with Crippen molar-refractivity contribution < 1.29 is 4.79 Å². The second-order valence-electron chi connectivity index (χ2n) is 5.90. The molecule has 3 aromatic rings. The van der Waals surface area contributed by atoms with Gasteiger partial charge in [-0.05, 0) is 38.5 Å². The van der Waals surface area contributed by atoms with Gasteiger partial charge in [0.25, 0.3) is 5.91 Å². The van der Waals surface area contributed by atoms with Crippen molar-refractivity contribution in [2.24, 2.45) is 10.7 Å². The highest BCUT2D eigenvalue weighted by atomic mass is 16.1. The van der Waals surface area contributed by atoms with Crippen molar-refractivity contribution in [3.8, 4) is 0 Å². The highest BCUT2D eigenvalue weighted by molar-refractivity contribution is 6.03. The molecule has 3 rings (SSSR count). The third-order valence-electron chi connectivity index (χ3n) is 3.70. The zero-order valence-corrected chi connectivity index (χ0v) is 14.7. The van der Waals surface area contributed by atoms with E-state index >= 15 is 0 Å². The molecule has 2 heterocycles. The molecule has 0 unspecified atom stereocenters. The fourth-order valence-corrected chi connectivity index (χ4v) is 2.47. The van der Waals surface area contributed by atoms with Crippen molar-refractivity contribution in [3.63, 3.8) is 0 Å². The lowest BCUT2D eigenvalue weighted by molar-refractivity contribution is 0.100. The van der Waals surface area contributed by atoms with Gasteiger partial charge in [-0.1, -0.05) is 12.1 Å². The van der Waals surface area contributed by atoms with Crippen LogP contribution in [0.3, 0.4) is 0 Å². The predicted octanol–water partition coefficient (Wildman–Crippen LogP) is 2.72. The molecule has 4 N–H and O–H groups in total. The molecule has 0 atom stereocenters. The normalized spacial score (nSPS) is 11.0. The number of nitrogens with one attached hydrogen (secondary N) is 2. The molecule has 0 fully saturated rings. The molecule has 26 heavy (non-hydrogen) atoms. The molecule has 0 aliphatic heterocycles. The molecular formula is C18H19N7O. The van der Waals surface area contributed by atoms with E-state index in [0.29, 0.717) is 11.5 Å². The van der Waals surface area contributed by atoms with E-state index in [1.165, 1.54) is 6.21 Å². The Hall–Kier alpha value is -3.55. The molecule has 2 aromatic heterocycles. The predicted molar refractivity (Wildman–Crippen MR) is 100 cm³/mol. The summed E-state index contributed by atoms with van der Waals surface area (Å²) in [6.07, 6.45) is 3.17. The molecule has 0 aliphatic carbocycles. The molecule has 0 bridgehead atoms. The van der Waals surface area contributed by atoms with Crippen molar-refractivity contribution in [1.29, 1.82) is 0 Å². The minimum Gasteiger partial charge on any atom is -0.365 e. The summed E-state index contributed by atoms with van der Waals surface area (Å²) >= 11 is 0. The summed E-state index contributed by atoms with van der Waals surface area (Å²) in [5, 5.41) is 9.97. The summed E-state index contributed by atoms with van der Waals surface area (Å²) < 4.78 is 0. The lowest BCUT2D eigenvalue weighted by Crippen LogP contribution is -2.12. The first-order valence-electron chi connectivity index (χ1n) is 8.00. The summed E-state index contributed by atoms with van der Waals surface area (Å²) in [7, 11) is 0. The van der Waals surface area contributed by atoms with Crippen molar-refractivity contribution in [3.05, 3.63) is 58.7 Å². The van der Waals surface area contributed by atoms with Gasteiger partial charge in [-0.25, -0.2) is 4.99 Å². The number of hydrogen-bond donors (Lipinski definition) is 3. The average molecular weight is 349 g/mol. The first kappa shape index (κ1) is 17.3. The summed E-state index contributed by atoms with van der Waals surface area (Å²) in [5.41, 5.74) is 9.76. The Morgan fingerprint density at radius 3 is 2.81 bits per heavy atom. The van der Waals surface area contributed by atoms with E-state index in [-0.39, 0.29) is 11.4 Å². The Morgan fingerprint density at radius 1 is 1.31 bits per heavy atom. The number of aromatic nitrogens is 4. The molecule has 0 saturated carbocycles. The average Bonchev–Trinajstić information content (AvgIpc) is 2.97. The number of aryl methyl sites for hydroxylation is 3. The van der Waals surface area contributed by atoms with Crippen LogP contribution in [0.5, 0.6) is 0 Å². The minimum atomic E-state index is -0.632. The van der Waals surface area contributed by atoms with E-state index in [4.69, 9.17) is 5.73 Å². The number of aromatic amines is 1. The number of hydrogen-bond acceptors (Lipinski definition) is 6. The van der Waals surface area contributed by atoms with Crippen molar-refractivity contribution in [2.45, 2.75) is 20.8 Å². The number of carbonyl (C=O) groups excluding carboxylic acids is 1. The van der Waals surface area contributed by atoms with Gasteiger partial charge in [-0.15, -0.1) is 0 Å². The molecule has 1 amide bonds. The maximum atomic E-state index is 11.9. The van der Waals surface area contributed by atoms with Crippen molar-refractivity contribution in [2.75, 3.05) is 5.32 Å². The number of primary amides is 1. The van der Waals surface area contributed by atoms with Gasteiger partial charge in [0.15, 0.2) is 5.82 Å². The topological polar surface area (TPSA) is 122 Å². The third kappa shape index (κ3) is 3.75. The second-order valence-corrected chi connectivity index (χ2v) is 5.90. The maximum Gasteiger partial charge on any atom is 0.256 e. The van der Waals surface area contributed by atoms with E-state index in [1.807, 2.05) is 45.0 Å². The molecule has 8 nitrogen and oxygen atoms in total. The largest absolute Gasteiger partial charge is 0.365 e. The lowest BCUT2D eigenvalue weighted by Gasteiger charge is -2.06. The van der Waals surface area contributed by atoms with Gasteiger partial charge in [0, 0.05) is 11.9 Å². The Bertz CT molecular complexity index is 991. The van der Waals surface area contributed by atoms with E-state index in [2.05, 4.69) is 30.5 Å². The van der Waals surface area contributed by atoms with Crippen LogP contribution in [0.2, 0.25) is 0 Å². The fraction of sp³-hybridized carbons (Fsp3) is 0.167.